The van der Waals surface area contributed by atoms with E-state index in [1.54, 1.807) is 24.3 Å². The van der Waals surface area contributed by atoms with Crippen LogP contribution >= 0.6 is 0 Å². The van der Waals surface area contributed by atoms with E-state index in [1.165, 1.54) is 12.0 Å². The van der Waals surface area contributed by atoms with Crippen molar-refractivity contribution in [3.63, 3.8) is 0 Å². The van der Waals surface area contributed by atoms with E-state index < -0.39 is 48.7 Å². The fraction of sp³-hybridized carbons (Fsp3) is 0.310. The molecule has 0 unspecified atom stereocenters. The summed E-state index contributed by atoms with van der Waals surface area (Å²) < 4.78 is 30.8. The first-order valence-corrected chi connectivity index (χ1v) is 12.3. The second-order valence-corrected chi connectivity index (χ2v) is 9.23. The van der Waals surface area contributed by atoms with Crippen LogP contribution in [0.3, 0.4) is 0 Å². The number of ether oxygens (including phenoxy) is 5. The van der Waals surface area contributed by atoms with Gasteiger partial charge in [-0.2, -0.15) is 0 Å². The highest BCUT2D eigenvalue weighted by molar-refractivity contribution is 6.21. The van der Waals surface area contributed by atoms with Crippen molar-refractivity contribution in [2.24, 2.45) is 0 Å². The van der Waals surface area contributed by atoms with E-state index in [9.17, 15) is 9.59 Å². The molecular formula is C29H27NO7. The molecule has 0 bridgehead atoms. The highest BCUT2D eigenvalue weighted by atomic mass is 16.7. The molecule has 0 saturated carbocycles. The quantitative estimate of drug-likeness (QED) is 0.476. The highest BCUT2D eigenvalue weighted by Gasteiger charge is 2.56. The van der Waals surface area contributed by atoms with Gasteiger partial charge in [0.2, 0.25) is 0 Å². The van der Waals surface area contributed by atoms with Crippen LogP contribution in [0.2, 0.25) is 0 Å². The number of hydrogen-bond donors (Lipinski definition) is 0. The number of fused-ring (bicyclic) bond motifs is 2. The molecule has 6 rings (SSSR count). The van der Waals surface area contributed by atoms with Crippen molar-refractivity contribution in [1.29, 1.82) is 0 Å². The summed E-state index contributed by atoms with van der Waals surface area (Å²) in [6, 6.07) is 25.2. The van der Waals surface area contributed by atoms with Crippen LogP contribution in [-0.4, -0.2) is 61.1 Å². The Labute approximate surface area is 214 Å². The topological polar surface area (TPSA) is 83.5 Å². The molecule has 0 radical (unpaired) electrons. The smallest absolute Gasteiger partial charge is 0.262 e. The molecule has 2 amide bonds. The fourth-order valence-corrected chi connectivity index (χ4v) is 5.24. The Morgan fingerprint density at radius 1 is 0.838 bits per heavy atom. The zero-order chi connectivity index (χ0) is 25.4. The summed E-state index contributed by atoms with van der Waals surface area (Å²) in [6.45, 7) is 0.495. The number of benzene rings is 3. The van der Waals surface area contributed by atoms with Gasteiger partial charge in [-0.3, -0.25) is 14.5 Å². The number of carbonyl (C=O) groups excluding carboxylic acids is 2. The fourth-order valence-electron chi connectivity index (χ4n) is 5.24. The van der Waals surface area contributed by atoms with Crippen LogP contribution in [0, 0.1) is 0 Å². The van der Waals surface area contributed by atoms with Crippen LogP contribution in [-0.2, 0) is 30.3 Å². The van der Waals surface area contributed by atoms with Crippen LogP contribution in [0.1, 0.15) is 38.1 Å². The van der Waals surface area contributed by atoms with E-state index in [1.807, 2.05) is 60.7 Å². The Balaban J connectivity index is 1.37. The van der Waals surface area contributed by atoms with Gasteiger partial charge in [0.15, 0.2) is 12.6 Å². The molecule has 0 spiro atoms. The minimum absolute atomic E-state index is 0.240. The van der Waals surface area contributed by atoms with Gasteiger partial charge in [0.1, 0.15) is 24.4 Å². The molecule has 8 heteroatoms. The number of carbonyl (C=O) groups is 2. The normalized spacial score (nSPS) is 29.2. The van der Waals surface area contributed by atoms with E-state index in [0.717, 1.165) is 11.1 Å². The predicted octanol–water partition coefficient (Wildman–Crippen LogP) is 3.72. The summed E-state index contributed by atoms with van der Waals surface area (Å²) in [7, 11) is 1.49. The van der Waals surface area contributed by atoms with Gasteiger partial charge in [0.05, 0.1) is 24.3 Å². The van der Waals surface area contributed by atoms with Crippen molar-refractivity contribution in [3.8, 4) is 0 Å². The van der Waals surface area contributed by atoms with Crippen molar-refractivity contribution < 1.29 is 33.3 Å². The Hall–Kier alpha value is -3.40. The monoisotopic (exact) mass is 501 g/mol. The first kappa shape index (κ1) is 24.0. The number of nitrogens with zero attached hydrogens (tertiary/aromatic N) is 1. The average Bonchev–Trinajstić information content (AvgIpc) is 3.21. The van der Waals surface area contributed by atoms with Crippen molar-refractivity contribution in [2.75, 3.05) is 13.7 Å². The molecular weight excluding hydrogens is 474 g/mol. The third-order valence-corrected chi connectivity index (χ3v) is 7.02. The predicted molar refractivity (Wildman–Crippen MR) is 131 cm³/mol. The highest BCUT2D eigenvalue weighted by Crippen LogP contribution is 2.39. The van der Waals surface area contributed by atoms with E-state index in [0.29, 0.717) is 11.1 Å². The molecule has 3 aliphatic rings. The minimum Gasteiger partial charge on any atom is -0.368 e. The van der Waals surface area contributed by atoms with Crippen molar-refractivity contribution >= 4 is 11.8 Å². The molecule has 0 N–H and O–H groups in total. The number of amides is 2. The van der Waals surface area contributed by atoms with E-state index in [-0.39, 0.29) is 13.2 Å². The summed E-state index contributed by atoms with van der Waals surface area (Å²) in [5.41, 5.74) is 2.50. The standard InChI is InChI=1S/C29H27NO7/c1-33-29-23(30-26(31)20-14-8-9-15-21(20)27(30)32)25(34-16-18-10-4-2-5-11-18)24-22(36-29)17-35-28(37-24)19-12-6-3-7-13-19/h2-15,22-25,28-29H,16-17H2,1H3/t22-,23-,24+,25-,28+,29-/m1/s1. The number of hydrogen-bond acceptors (Lipinski definition) is 7. The third kappa shape index (κ3) is 4.37. The van der Waals surface area contributed by atoms with E-state index in [2.05, 4.69) is 0 Å². The second kappa shape index (κ2) is 10.2. The lowest BCUT2D eigenvalue weighted by atomic mass is 9.94. The first-order chi connectivity index (χ1) is 18.2. The molecule has 2 saturated heterocycles. The number of methoxy groups -OCH3 is 1. The lowest BCUT2D eigenvalue weighted by Gasteiger charge is -2.50. The Morgan fingerprint density at radius 2 is 1.46 bits per heavy atom. The molecule has 3 aromatic carbocycles. The molecule has 3 aromatic rings. The van der Waals surface area contributed by atoms with E-state index in [4.69, 9.17) is 23.7 Å². The van der Waals surface area contributed by atoms with Crippen LogP contribution < -0.4 is 0 Å². The Morgan fingerprint density at radius 3 is 2.11 bits per heavy atom. The third-order valence-electron chi connectivity index (χ3n) is 7.02. The zero-order valence-electron chi connectivity index (χ0n) is 20.3. The molecule has 3 heterocycles. The molecule has 2 fully saturated rings. The molecule has 8 nitrogen and oxygen atoms in total. The van der Waals surface area contributed by atoms with Gasteiger partial charge < -0.3 is 23.7 Å². The van der Waals surface area contributed by atoms with Crippen molar-refractivity contribution in [3.05, 3.63) is 107 Å². The average molecular weight is 502 g/mol. The molecule has 37 heavy (non-hydrogen) atoms. The summed E-state index contributed by atoms with van der Waals surface area (Å²) in [5.74, 6) is -0.815. The van der Waals surface area contributed by atoms with Gasteiger partial charge >= 0.3 is 0 Å². The van der Waals surface area contributed by atoms with Crippen LogP contribution in [0.15, 0.2) is 84.9 Å². The van der Waals surface area contributed by atoms with Gasteiger partial charge in [-0.05, 0) is 17.7 Å². The molecule has 3 aliphatic heterocycles. The minimum atomic E-state index is -0.926. The van der Waals surface area contributed by atoms with Gasteiger partial charge in [-0.15, -0.1) is 0 Å². The zero-order valence-corrected chi connectivity index (χ0v) is 20.3. The lowest BCUT2D eigenvalue weighted by Crippen LogP contribution is -2.68. The second-order valence-electron chi connectivity index (χ2n) is 9.23. The maximum Gasteiger partial charge on any atom is 0.262 e. The summed E-state index contributed by atoms with van der Waals surface area (Å²) in [6.07, 6.45) is -3.44. The lowest BCUT2D eigenvalue weighted by molar-refractivity contribution is -0.351. The Kier molecular flexibility index (Phi) is 6.58. The largest absolute Gasteiger partial charge is 0.368 e. The van der Waals surface area contributed by atoms with Gasteiger partial charge in [0, 0.05) is 12.7 Å². The SMILES string of the molecule is CO[C@@H]1O[C@@H]2CO[C@H](c3ccccc3)O[C@@H]2[C@H](OCc2ccccc2)[C@H]1N1C(=O)c2ccccc2C1=O. The molecule has 0 aromatic heterocycles. The van der Waals surface area contributed by atoms with E-state index >= 15 is 0 Å². The number of imide groups is 1. The van der Waals surface area contributed by atoms with Crippen molar-refractivity contribution in [1.82, 2.24) is 4.90 Å². The first-order valence-electron chi connectivity index (χ1n) is 12.3. The molecule has 190 valence electrons. The van der Waals surface area contributed by atoms with Crippen LogP contribution in [0.5, 0.6) is 0 Å². The Bertz CT molecular complexity index is 1230. The summed E-state index contributed by atoms with van der Waals surface area (Å²) in [4.78, 5) is 28.2. The number of rotatable bonds is 6. The summed E-state index contributed by atoms with van der Waals surface area (Å²) >= 11 is 0. The van der Waals surface area contributed by atoms with Gasteiger partial charge in [0.25, 0.3) is 11.8 Å². The summed E-state index contributed by atoms with van der Waals surface area (Å²) in [5, 5.41) is 0. The van der Waals surface area contributed by atoms with Gasteiger partial charge in [-0.25, -0.2) is 0 Å². The maximum atomic E-state index is 13.5. The van der Waals surface area contributed by atoms with Gasteiger partial charge in [-0.1, -0.05) is 72.8 Å². The molecule has 6 atom stereocenters. The molecule has 0 aliphatic carbocycles. The van der Waals surface area contributed by atoms with Crippen molar-refractivity contribution in [2.45, 2.75) is 43.5 Å². The maximum absolute atomic E-state index is 13.5. The van der Waals surface area contributed by atoms with Crippen LogP contribution in [0.25, 0.3) is 0 Å². The van der Waals surface area contributed by atoms with Crippen LogP contribution in [0.4, 0.5) is 0 Å².